The maximum absolute atomic E-state index is 12.9. The average Bonchev–Trinajstić information content (AvgIpc) is 2.68. The molecule has 28 heavy (non-hydrogen) atoms. The molecule has 3 rings (SSSR count). The van der Waals surface area contributed by atoms with Crippen molar-refractivity contribution in [1.29, 1.82) is 0 Å². The number of nitrogens with one attached hydrogen (secondary N) is 1. The molecule has 9 nitrogen and oxygen atoms in total. The summed E-state index contributed by atoms with van der Waals surface area (Å²) < 4.78 is 28.3. The fourth-order valence-corrected chi connectivity index (χ4v) is 4.88. The molecule has 0 radical (unpaired) electrons. The topological polar surface area (TPSA) is 130 Å². The smallest absolute Gasteiger partial charge is 0.407 e. The number of carboxylic acid groups (broad SMARTS) is 1. The second kappa shape index (κ2) is 7.95. The summed E-state index contributed by atoms with van der Waals surface area (Å²) in [6.07, 6.45) is -0.707. The molecular weight excluding hydrogens is 386 g/mol. The normalized spacial score (nSPS) is 19.9. The quantitative estimate of drug-likeness (QED) is 0.580. The van der Waals surface area contributed by atoms with Gasteiger partial charge in [-0.2, -0.15) is 0 Å². The van der Waals surface area contributed by atoms with E-state index in [0.29, 0.717) is 6.42 Å². The van der Waals surface area contributed by atoms with Gasteiger partial charge in [0, 0.05) is 31.1 Å². The van der Waals surface area contributed by atoms with E-state index in [-0.39, 0.29) is 19.0 Å². The maximum atomic E-state index is 12.9. The number of piperidine rings is 1. The van der Waals surface area contributed by atoms with Crippen molar-refractivity contribution in [2.24, 2.45) is 0 Å². The standard InChI is InChI=1S/C18H19N3O6S/c22-18(23)20-11-10-14(13-6-2-1-3-7-13)15(12-20)19-28(26,27)17-9-5-4-8-16(17)21(24)25/h1-9,14-15,19H,10-12H2,(H,22,23)/t14-,15+/m1/s1. The number of hydrogen-bond acceptors (Lipinski definition) is 5. The van der Waals surface area contributed by atoms with Crippen LogP contribution in [0.25, 0.3) is 0 Å². The van der Waals surface area contributed by atoms with Gasteiger partial charge in [0.05, 0.1) is 4.92 Å². The molecule has 1 amide bonds. The summed E-state index contributed by atoms with van der Waals surface area (Å²) in [4.78, 5) is 22.5. The minimum atomic E-state index is -4.24. The zero-order valence-electron chi connectivity index (χ0n) is 14.8. The Morgan fingerprint density at radius 1 is 1.14 bits per heavy atom. The molecule has 0 aromatic heterocycles. The third kappa shape index (κ3) is 4.12. The van der Waals surface area contributed by atoms with Crippen LogP contribution in [0.4, 0.5) is 10.5 Å². The lowest BCUT2D eigenvalue weighted by Crippen LogP contribution is -2.52. The molecule has 2 aromatic carbocycles. The molecule has 0 spiro atoms. The van der Waals surface area contributed by atoms with Gasteiger partial charge >= 0.3 is 6.09 Å². The molecule has 2 aromatic rings. The SMILES string of the molecule is O=C(O)N1CC[C@H](c2ccccc2)[C@@H](NS(=O)(=O)c2ccccc2[N+](=O)[O-])C1. The van der Waals surface area contributed by atoms with Crippen LogP contribution < -0.4 is 4.72 Å². The Morgan fingerprint density at radius 2 is 1.79 bits per heavy atom. The van der Waals surface area contributed by atoms with Crippen LogP contribution in [0.1, 0.15) is 17.9 Å². The molecule has 1 saturated heterocycles. The van der Waals surface area contributed by atoms with E-state index < -0.39 is 37.7 Å². The molecule has 1 heterocycles. The number of nitro groups is 1. The van der Waals surface area contributed by atoms with E-state index in [4.69, 9.17) is 0 Å². The number of carbonyl (C=O) groups is 1. The van der Waals surface area contributed by atoms with Gasteiger partial charge in [-0.05, 0) is 18.1 Å². The van der Waals surface area contributed by atoms with Crippen LogP contribution in [-0.4, -0.2) is 48.6 Å². The summed E-state index contributed by atoms with van der Waals surface area (Å²) in [7, 11) is -4.24. The van der Waals surface area contributed by atoms with E-state index in [2.05, 4.69) is 4.72 Å². The highest BCUT2D eigenvalue weighted by Crippen LogP contribution is 2.31. The van der Waals surface area contributed by atoms with Crippen molar-refractivity contribution in [3.63, 3.8) is 0 Å². The minimum absolute atomic E-state index is 0.0469. The zero-order valence-corrected chi connectivity index (χ0v) is 15.6. The van der Waals surface area contributed by atoms with E-state index in [1.807, 2.05) is 30.3 Å². The fourth-order valence-electron chi connectivity index (χ4n) is 3.44. The predicted octanol–water partition coefficient (Wildman–Crippen LogP) is 2.41. The molecule has 148 valence electrons. The molecule has 1 aliphatic heterocycles. The first kappa shape index (κ1) is 19.8. The molecule has 10 heteroatoms. The Labute approximate surface area is 161 Å². The number of nitro benzene ring substituents is 1. The van der Waals surface area contributed by atoms with Crippen LogP contribution in [0.2, 0.25) is 0 Å². The third-order valence-corrected chi connectivity index (χ3v) is 6.31. The fraction of sp³-hybridized carbons (Fsp3) is 0.278. The van der Waals surface area contributed by atoms with Crippen molar-refractivity contribution >= 4 is 21.8 Å². The Bertz CT molecular complexity index is 980. The number of para-hydroxylation sites is 1. The summed E-state index contributed by atoms with van der Waals surface area (Å²) in [5, 5.41) is 20.5. The van der Waals surface area contributed by atoms with Gasteiger partial charge in [-0.15, -0.1) is 0 Å². The van der Waals surface area contributed by atoms with E-state index >= 15 is 0 Å². The Balaban J connectivity index is 1.95. The number of hydrogen-bond donors (Lipinski definition) is 2. The van der Waals surface area contributed by atoms with E-state index in [9.17, 15) is 28.4 Å². The van der Waals surface area contributed by atoms with Crippen LogP contribution in [0.3, 0.4) is 0 Å². The lowest BCUT2D eigenvalue weighted by molar-refractivity contribution is -0.387. The summed E-state index contributed by atoms with van der Waals surface area (Å²) in [6.45, 7) is 0.230. The molecule has 0 bridgehead atoms. The predicted molar refractivity (Wildman–Crippen MR) is 101 cm³/mol. The number of likely N-dealkylation sites (tertiary alicyclic amines) is 1. The number of rotatable bonds is 5. The largest absolute Gasteiger partial charge is 0.465 e. The minimum Gasteiger partial charge on any atom is -0.465 e. The highest BCUT2D eigenvalue weighted by atomic mass is 32.2. The number of sulfonamides is 1. The van der Waals surface area contributed by atoms with Gasteiger partial charge in [0.1, 0.15) is 0 Å². The average molecular weight is 405 g/mol. The monoisotopic (exact) mass is 405 g/mol. The van der Waals surface area contributed by atoms with Gasteiger partial charge in [0.25, 0.3) is 5.69 Å². The molecule has 0 aliphatic carbocycles. The van der Waals surface area contributed by atoms with Crippen molar-refractivity contribution in [3.05, 3.63) is 70.3 Å². The van der Waals surface area contributed by atoms with E-state index in [0.717, 1.165) is 22.6 Å². The lowest BCUT2D eigenvalue weighted by Gasteiger charge is -2.37. The van der Waals surface area contributed by atoms with Crippen molar-refractivity contribution in [1.82, 2.24) is 9.62 Å². The molecular formula is C18H19N3O6S. The first-order valence-electron chi connectivity index (χ1n) is 8.58. The van der Waals surface area contributed by atoms with Crippen molar-refractivity contribution in [2.45, 2.75) is 23.3 Å². The second-order valence-corrected chi connectivity index (χ2v) is 8.17. The molecule has 1 aliphatic rings. The summed E-state index contributed by atoms with van der Waals surface area (Å²) >= 11 is 0. The van der Waals surface area contributed by atoms with Gasteiger partial charge in [-0.25, -0.2) is 17.9 Å². The number of amides is 1. The third-order valence-electron chi connectivity index (χ3n) is 4.77. The summed E-state index contributed by atoms with van der Waals surface area (Å²) in [5.74, 6) is -0.255. The first-order valence-corrected chi connectivity index (χ1v) is 10.1. The Kier molecular flexibility index (Phi) is 5.61. The molecule has 2 atom stereocenters. The highest BCUT2D eigenvalue weighted by molar-refractivity contribution is 7.89. The first-order chi connectivity index (χ1) is 13.3. The Morgan fingerprint density at radius 3 is 2.43 bits per heavy atom. The maximum Gasteiger partial charge on any atom is 0.407 e. The zero-order chi connectivity index (χ0) is 20.3. The summed E-state index contributed by atoms with van der Waals surface area (Å²) in [6, 6.07) is 13.5. The molecule has 0 unspecified atom stereocenters. The van der Waals surface area contributed by atoms with Gasteiger partial charge in [0.2, 0.25) is 10.0 Å². The van der Waals surface area contributed by atoms with Crippen LogP contribution in [0.15, 0.2) is 59.5 Å². The lowest BCUT2D eigenvalue weighted by atomic mass is 9.86. The van der Waals surface area contributed by atoms with Crippen LogP contribution in [-0.2, 0) is 10.0 Å². The van der Waals surface area contributed by atoms with Crippen LogP contribution in [0, 0.1) is 10.1 Å². The van der Waals surface area contributed by atoms with E-state index in [1.165, 1.54) is 12.1 Å². The van der Waals surface area contributed by atoms with Crippen LogP contribution >= 0.6 is 0 Å². The van der Waals surface area contributed by atoms with Gasteiger partial charge in [0.15, 0.2) is 4.90 Å². The van der Waals surface area contributed by atoms with Crippen molar-refractivity contribution in [2.75, 3.05) is 13.1 Å². The van der Waals surface area contributed by atoms with Crippen molar-refractivity contribution in [3.8, 4) is 0 Å². The van der Waals surface area contributed by atoms with Gasteiger partial charge < -0.3 is 10.0 Å². The number of benzene rings is 2. The Hall–Kier alpha value is -2.98. The summed E-state index contributed by atoms with van der Waals surface area (Å²) in [5.41, 5.74) is 0.347. The second-order valence-electron chi connectivity index (χ2n) is 6.49. The molecule has 1 fully saturated rings. The highest BCUT2D eigenvalue weighted by Gasteiger charge is 2.36. The van der Waals surface area contributed by atoms with Crippen LogP contribution in [0.5, 0.6) is 0 Å². The number of nitrogens with zero attached hydrogens (tertiary/aromatic N) is 2. The van der Waals surface area contributed by atoms with Gasteiger partial charge in [-0.1, -0.05) is 42.5 Å². The van der Waals surface area contributed by atoms with Crippen molar-refractivity contribution < 1.29 is 23.2 Å². The molecule has 2 N–H and O–H groups in total. The van der Waals surface area contributed by atoms with Gasteiger partial charge in [-0.3, -0.25) is 10.1 Å². The van der Waals surface area contributed by atoms with E-state index in [1.54, 1.807) is 0 Å². The molecule has 0 saturated carbocycles.